The molecule has 210 valence electrons. The Bertz CT molecular complexity index is 1560. The second-order valence-electron chi connectivity index (χ2n) is 9.87. The number of benzene rings is 2. The number of fused-ring (bicyclic) bond motifs is 2. The van der Waals surface area contributed by atoms with Crippen LogP contribution < -0.4 is 10.2 Å². The molecule has 0 unspecified atom stereocenters. The summed E-state index contributed by atoms with van der Waals surface area (Å²) in [6.07, 6.45) is 3.01. The third-order valence-corrected chi connectivity index (χ3v) is 7.91. The van der Waals surface area contributed by atoms with Gasteiger partial charge in [-0.1, -0.05) is 38.1 Å². The van der Waals surface area contributed by atoms with Crippen LogP contribution in [0, 0.1) is 12.7 Å². The number of amides is 1. The molecule has 1 saturated heterocycles. The Hall–Kier alpha value is -3.76. The third-order valence-electron chi connectivity index (χ3n) is 7.62. The summed E-state index contributed by atoms with van der Waals surface area (Å²) in [4.78, 5) is 27.7. The standard InChI is InChI=1S/C29H34ClFN8O/c1-5-23(40)38-12-14-39(15-13-38)28-19-16-21(30)25(24-18(4)8-9-22-20(24)17-33-36-22)26(31)27(19)34-29(35-28)32-10-11-37(6-2)7-3/h5,8-9,16-17H,1,6-7,10-15H2,2-4H3,(H,33,36)(H,32,34,35). The van der Waals surface area contributed by atoms with E-state index in [4.69, 9.17) is 16.6 Å². The number of aromatic amines is 1. The first-order valence-corrected chi connectivity index (χ1v) is 14.0. The fourth-order valence-corrected chi connectivity index (χ4v) is 5.61. The average molecular weight is 565 g/mol. The van der Waals surface area contributed by atoms with Gasteiger partial charge in [-0.2, -0.15) is 10.1 Å². The van der Waals surface area contributed by atoms with Crippen LogP contribution in [0.4, 0.5) is 16.2 Å². The van der Waals surface area contributed by atoms with Crippen molar-refractivity contribution < 1.29 is 9.18 Å². The number of carbonyl (C=O) groups is 1. The number of H-pyrrole nitrogens is 1. The van der Waals surface area contributed by atoms with Gasteiger partial charge in [-0.15, -0.1) is 0 Å². The number of rotatable bonds is 9. The van der Waals surface area contributed by atoms with E-state index >= 15 is 4.39 Å². The fourth-order valence-electron chi connectivity index (χ4n) is 5.32. The van der Waals surface area contributed by atoms with Crippen molar-refractivity contribution in [3.05, 3.63) is 53.5 Å². The Labute approximate surface area is 238 Å². The number of anilines is 2. The van der Waals surface area contributed by atoms with Crippen molar-refractivity contribution in [2.45, 2.75) is 20.8 Å². The van der Waals surface area contributed by atoms with Crippen LogP contribution >= 0.6 is 11.6 Å². The van der Waals surface area contributed by atoms with Crippen LogP contribution in [0.3, 0.4) is 0 Å². The molecule has 0 spiro atoms. The highest BCUT2D eigenvalue weighted by Crippen LogP contribution is 2.42. The van der Waals surface area contributed by atoms with Crippen LogP contribution in [0.15, 0.2) is 37.1 Å². The van der Waals surface area contributed by atoms with Crippen molar-refractivity contribution in [2.24, 2.45) is 0 Å². The second-order valence-corrected chi connectivity index (χ2v) is 10.3. The van der Waals surface area contributed by atoms with Crippen LogP contribution in [0.25, 0.3) is 32.9 Å². The Morgan fingerprint density at radius 3 is 2.62 bits per heavy atom. The van der Waals surface area contributed by atoms with Gasteiger partial charge in [0.2, 0.25) is 11.9 Å². The SMILES string of the molecule is C=CC(=O)N1CCN(c2nc(NCCN(CC)CC)nc3c(F)c(-c4c(C)ccc5[nH]ncc45)c(Cl)cc23)CC1. The van der Waals surface area contributed by atoms with Gasteiger partial charge in [0, 0.05) is 61.2 Å². The molecular formula is C29H34ClFN8O. The molecular weight excluding hydrogens is 531 g/mol. The quantitative estimate of drug-likeness (QED) is 0.280. The maximum Gasteiger partial charge on any atom is 0.246 e. The van der Waals surface area contributed by atoms with Crippen molar-refractivity contribution in [1.82, 2.24) is 30.0 Å². The molecule has 40 heavy (non-hydrogen) atoms. The molecule has 11 heteroatoms. The van der Waals surface area contributed by atoms with Crippen molar-refractivity contribution >= 4 is 51.1 Å². The highest BCUT2D eigenvalue weighted by atomic mass is 35.5. The molecule has 0 aliphatic carbocycles. The summed E-state index contributed by atoms with van der Waals surface area (Å²) < 4.78 is 16.6. The van der Waals surface area contributed by atoms with Crippen LogP contribution in [0.5, 0.6) is 0 Å². The molecule has 2 aromatic carbocycles. The average Bonchev–Trinajstić information content (AvgIpc) is 3.45. The van der Waals surface area contributed by atoms with Crippen LogP contribution in [0.2, 0.25) is 5.02 Å². The lowest BCUT2D eigenvalue weighted by Gasteiger charge is -2.35. The summed E-state index contributed by atoms with van der Waals surface area (Å²) >= 11 is 6.84. The van der Waals surface area contributed by atoms with E-state index in [9.17, 15) is 4.79 Å². The maximum absolute atomic E-state index is 16.6. The monoisotopic (exact) mass is 564 g/mol. The first-order valence-electron chi connectivity index (χ1n) is 13.6. The fraction of sp³-hybridized carbons (Fsp3) is 0.379. The van der Waals surface area contributed by atoms with E-state index in [1.165, 1.54) is 6.08 Å². The van der Waals surface area contributed by atoms with Crippen molar-refractivity contribution in [2.75, 3.05) is 62.6 Å². The van der Waals surface area contributed by atoms with E-state index in [1.807, 2.05) is 19.1 Å². The van der Waals surface area contributed by atoms with E-state index in [-0.39, 0.29) is 16.4 Å². The van der Waals surface area contributed by atoms with Gasteiger partial charge in [0.1, 0.15) is 11.3 Å². The number of likely N-dealkylation sites (N-methyl/N-ethyl adjacent to an activating group) is 1. The Balaban J connectivity index is 1.62. The second kappa shape index (κ2) is 11.8. The molecule has 4 aromatic rings. The number of carbonyl (C=O) groups excluding carboxylic acids is 1. The topological polar surface area (TPSA) is 93.3 Å². The number of nitrogens with one attached hydrogen (secondary N) is 2. The zero-order chi connectivity index (χ0) is 28.4. The number of halogens is 2. The van der Waals surface area contributed by atoms with Crippen molar-refractivity contribution in [3.63, 3.8) is 0 Å². The molecule has 1 fully saturated rings. The first-order chi connectivity index (χ1) is 19.4. The third kappa shape index (κ3) is 5.21. The smallest absolute Gasteiger partial charge is 0.246 e. The van der Waals surface area contributed by atoms with Gasteiger partial charge in [-0.3, -0.25) is 9.89 Å². The predicted octanol–water partition coefficient (Wildman–Crippen LogP) is 4.86. The minimum absolute atomic E-state index is 0.103. The summed E-state index contributed by atoms with van der Waals surface area (Å²) in [6.45, 7) is 15.2. The molecule has 0 saturated carbocycles. The zero-order valence-corrected chi connectivity index (χ0v) is 23.9. The molecule has 2 N–H and O–H groups in total. The van der Waals surface area contributed by atoms with E-state index < -0.39 is 5.82 Å². The molecule has 1 amide bonds. The molecule has 0 radical (unpaired) electrons. The Kier molecular flexibility index (Phi) is 8.18. The zero-order valence-electron chi connectivity index (χ0n) is 23.1. The number of piperazine rings is 1. The summed E-state index contributed by atoms with van der Waals surface area (Å²) in [5.41, 5.74) is 2.84. The van der Waals surface area contributed by atoms with Crippen molar-refractivity contribution in [1.29, 1.82) is 0 Å². The predicted molar refractivity (Wildman–Crippen MR) is 160 cm³/mol. The summed E-state index contributed by atoms with van der Waals surface area (Å²) in [7, 11) is 0. The Morgan fingerprint density at radius 2 is 1.93 bits per heavy atom. The van der Waals surface area contributed by atoms with Gasteiger partial charge >= 0.3 is 0 Å². The molecule has 0 bridgehead atoms. The number of aryl methyl sites for hydroxylation is 1. The van der Waals surface area contributed by atoms with Gasteiger partial charge < -0.3 is 20.0 Å². The van der Waals surface area contributed by atoms with E-state index in [1.54, 1.807) is 17.2 Å². The minimum atomic E-state index is -0.504. The summed E-state index contributed by atoms with van der Waals surface area (Å²) in [6, 6.07) is 5.60. The molecule has 1 aliphatic rings. The maximum atomic E-state index is 16.6. The highest BCUT2D eigenvalue weighted by Gasteiger charge is 2.26. The first kappa shape index (κ1) is 27.8. The number of aromatic nitrogens is 4. The minimum Gasteiger partial charge on any atom is -0.353 e. The molecule has 1 aliphatic heterocycles. The summed E-state index contributed by atoms with van der Waals surface area (Å²) in [5.74, 6) is 0.333. The van der Waals surface area contributed by atoms with Crippen LogP contribution in [-0.2, 0) is 4.79 Å². The number of hydrogen-bond acceptors (Lipinski definition) is 7. The van der Waals surface area contributed by atoms with Gasteiger partial charge in [-0.25, -0.2) is 9.37 Å². The van der Waals surface area contributed by atoms with E-state index in [0.717, 1.165) is 36.1 Å². The lowest BCUT2D eigenvalue weighted by molar-refractivity contribution is -0.126. The molecule has 5 rings (SSSR count). The van der Waals surface area contributed by atoms with Crippen LogP contribution in [0.1, 0.15) is 19.4 Å². The van der Waals surface area contributed by atoms with Crippen molar-refractivity contribution in [3.8, 4) is 11.1 Å². The molecule has 0 atom stereocenters. The number of nitrogens with zero attached hydrogens (tertiary/aromatic N) is 6. The lowest BCUT2D eigenvalue weighted by Crippen LogP contribution is -2.48. The van der Waals surface area contributed by atoms with Gasteiger partial charge in [0.05, 0.1) is 16.7 Å². The molecule has 3 heterocycles. The summed E-state index contributed by atoms with van der Waals surface area (Å²) in [5, 5.41) is 12.0. The Morgan fingerprint density at radius 1 is 1.18 bits per heavy atom. The number of hydrogen-bond donors (Lipinski definition) is 2. The largest absolute Gasteiger partial charge is 0.353 e. The highest BCUT2D eigenvalue weighted by molar-refractivity contribution is 6.35. The van der Waals surface area contributed by atoms with E-state index in [0.29, 0.717) is 61.0 Å². The van der Waals surface area contributed by atoms with Gasteiger partial charge in [0.15, 0.2) is 5.82 Å². The normalized spacial score (nSPS) is 13.9. The lowest BCUT2D eigenvalue weighted by atomic mass is 9.95. The van der Waals surface area contributed by atoms with E-state index in [2.05, 4.69) is 50.7 Å². The molecule has 2 aromatic heterocycles. The molecule has 9 nitrogen and oxygen atoms in total. The van der Waals surface area contributed by atoms with Gasteiger partial charge in [0.25, 0.3) is 0 Å². The van der Waals surface area contributed by atoms with Crippen LogP contribution in [-0.4, -0.2) is 88.2 Å². The van der Waals surface area contributed by atoms with Gasteiger partial charge in [-0.05, 0) is 43.8 Å².